The Balaban J connectivity index is 2.65. The molecule has 0 saturated carbocycles. The maximum absolute atomic E-state index is 13.6. The van der Waals surface area contributed by atoms with Crippen molar-refractivity contribution in [2.75, 3.05) is 0 Å². The smallest absolute Gasteiger partial charge is 0.258 e. The van der Waals surface area contributed by atoms with Crippen LogP contribution in [0.5, 0.6) is 0 Å². The lowest BCUT2D eigenvalue weighted by molar-refractivity contribution is -0.384. The third kappa shape index (κ3) is 2.21. The number of hydrogen-bond donors (Lipinski definition) is 0. The number of hydrogen-bond acceptors (Lipinski definition) is 4. The van der Waals surface area contributed by atoms with Crippen LogP contribution < -0.4 is 0 Å². The van der Waals surface area contributed by atoms with E-state index >= 15 is 0 Å². The van der Waals surface area contributed by atoms with Crippen molar-refractivity contribution in [1.82, 2.24) is 9.97 Å². The summed E-state index contributed by atoms with van der Waals surface area (Å²) in [5.74, 6) is -0.704. The Kier molecular flexibility index (Phi) is 2.97. The molecule has 0 aliphatic heterocycles. The zero-order valence-electron chi connectivity index (χ0n) is 8.30. The van der Waals surface area contributed by atoms with Crippen LogP contribution in [0.4, 0.5) is 10.1 Å². The molecule has 0 atom stereocenters. The molecule has 1 aromatic heterocycles. The molecule has 86 valence electrons. The second kappa shape index (κ2) is 4.42. The summed E-state index contributed by atoms with van der Waals surface area (Å²) in [5, 5.41) is 10.8. The molecule has 1 aromatic carbocycles. The Hall–Kier alpha value is -2.08. The van der Waals surface area contributed by atoms with Crippen LogP contribution in [0.1, 0.15) is 0 Å². The first-order valence-corrected chi connectivity index (χ1v) is 4.88. The van der Waals surface area contributed by atoms with Gasteiger partial charge in [-0.3, -0.25) is 10.1 Å². The van der Waals surface area contributed by atoms with Crippen molar-refractivity contribution in [3.63, 3.8) is 0 Å². The highest BCUT2D eigenvalue weighted by Crippen LogP contribution is 2.31. The highest BCUT2D eigenvalue weighted by molar-refractivity contribution is 6.28. The van der Waals surface area contributed by atoms with Crippen molar-refractivity contribution in [1.29, 1.82) is 0 Å². The third-order valence-corrected chi connectivity index (χ3v) is 2.29. The molecule has 0 fully saturated rings. The van der Waals surface area contributed by atoms with Crippen molar-refractivity contribution in [3.05, 3.63) is 51.8 Å². The number of rotatable bonds is 2. The summed E-state index contributed by atoms with van der Waals surface area (Å²) in [6, 6.07) is 3.62. The second-order valence-corrected chi connectivity index (χ2v) is 3.47. The molecule has 0 bridgehead atoms. The largest absolute Gasteiger partial charge is 0.280 e. The zero-order chi connectivity index (χ0) is 12.4. The van der Waals surface area contributed by atoms with Crippen molar-refractivity contribution >= 4 is 17.3 Å². The Morgan fingerprint density at radius 3 is 2.53 bits per heavy atom. The first-order chi connectivity index (χ1) is 8.09. The number of aromatic nitrogens is 2. The molecule has 17 heavy (non-hydrogen) atoms. The molecule has 0 aliphatic rings. The number of benzene rings is 1. The van der Waals surface area contributed by atoms with Crippen LogP contribution in [-0.2, 0) is 0 Å². The van der Waals surface area contributed by atoms with Crippen LogP contribution in [0, 0.1) is 15.9 Å². The molecule has 0 amide bonds. The van der Waals surface area contributed by atoms with Gasteiger partial charge in [-0.25, -0.2) is 14.4 Å². The third-order valence-electron chi connectivity index (χ3n) is 2.10. The molecule has 2 aromatic rings. The highest BCUT2D eigenvalue weighted by atomic mass is 35.5. The topological polar surface area (TPSA) is 68.9 Å². The average molecular weight is 254 g/mol. The number of halogens is 2. The van der Waals surface area contributed by atoms with Gasteiger partial charge < -0.3 is 0 Å². The maximum Gasteiger partial charge on any atom is 0.280 e. The van der Waals surface area contributed by atoms with E-state index in [9.17, 15) is 14.5 Å². The fraction of sp³-hybridized carbons (Fsp3) is 0. The Bertz CT molecular complexity index is 574. The number of nitrogens with zero attached hydrogens (tertiary/aromatic N) is 3. The van der Waals surface area contributed by atoms with Crippen molar-refractivity contribution in [3.8, 4) is 11.1 Å². The van der Waals surface area contributed by atoms with E-state index < -0.39 is 10.7 Å². The fourth-order valence-corrected chi connectivity index (χ4v) is 1.49. The van der Waals surface area contributed by atoms with Crippen LogP contribution in [0.2, 0.25) is 5.28 Å². The van der Waals surface area contributed by atoms with Gasteiger partial charge in [-0.05, 0) is 17.7 Å². The van der Waals surface area contributed by atoms with Gasteiger partial charge in [0.15, 0.2) is 0 Å². The SMILES string of the molecule is O=[N+]([O-])c1cccc(F)c1-c1cnc(Cl)nc1. The van der Waals surface area contributed by atoms with Gasteiger partial charge in [0.2, 0.25) is 5.28 Å². The molecule has 0 unspecified atom stereocenters. The average Bonchev–Trinajstić information content (AvgIpc) is 2.30. The highest BCUT2D eigenvalue weighted by Gasteiger charge is 2.19. The van der Waals surface area contributed by atoms with Gasteiger partial charge in [0.05, 0.1) is 10.5 Å². The van der Waals surface area contributed by atoms with Gasteiger partial charge in [0.25, 0.3) is 5.69 Å². The summed E-state index contributed by atoms with van der Waals surface area (Å²) in [6.07, 6.45) is 2.47. The molecule has 7 heteroatoms. The van der Waals surface area contributed by atoms with Crippen LogP contribution in [0.15, 0.2) is 30.6 Å². The minimum Gasteiger partial charge on any atom is -0.258 e. The van der Waals surface area contributed by atoms with Crippen LogP contribution >= 0.6 is 11.6 Å². The minimum absolute atomic E-state index is 0.00672. The van der Waals surface area contributed by atoms with Gasteiger partial charge in [-0.2, -0.15) is 0 Å². The van der Waals surface area contributed by atoms with E-state index in [1.165, 1.54) is 24.5 Å². The van der Waals surface area contributed by atoms with Crippen molar-refractivity contribution < 1.29 is 9.31 Å². The minimum atomic E-state index is -0.704. The van der Waals surface area contributed by atoms with Gasteiger partial charge >= 0.3 is 0 Å². The van der Waals surface area contributed by atoms with Crippen LogP contribution in [0.25, 0.3) is 11.1 Å². The number of nitro groups is 1. The first-order valence-electron chi connectivity index (χ1n) is 4.50. The predicted molar refractivity (Wildman–Crippen MR) is 59.1 cm³/mol. The molecule has 5 nitrogen and oxygen atoms in total. The summed E-state index contributed by atoms with van der Waals surface area (Å²) in [5.41, 5.74) is -0.274. The second-order valence-electron chi connectivity index (χ2n) is 3.13. The molecule has 1 heterocycles. The molecule has 0 radical (unpaired) electrons. The van der Waals surface area contributed by atoms with E-state index in [1.807, 2.05) is 0 Å². The molecular formula is C10H5ClFN3O2. The molecule has 0 saturated heterocycles. The van der Waals surface area contributed by atoms with Gasteiger partial charge in [0, 0.05) is 24.0 Å². The van der Waals surface area contributed by atoms with Gasteiger partial charge in [-0.15, -0.1) is 0 Å². The zero-order valence-corrected chi connectivity index (χ0v) is 9.06. The van der Waals surface area contributed by atoms with Gasteiger partial charge in [-0.1, -0.05) is 6.07 Å². The summed E-state index contributed by atoms with van der Waals surface area (Å²) >= 11 is 5.49. The van der Waals surface area contributed by atoms with E-state index in [1.54, 1.807) is 0 Å². The molecular weight excluding hydrogens is 249 g/mol. The lowest BCUT2D eigenvalue weighted by atomic mass is 10.1. The monoisotopic (exact) mass is 253 g/mol. The van der Waals surface area contributed by atoms with E-state index in [4.69, 9.17) is 11.6 Å². The van der Waals surface area contributed by atoms with E-state index in [0.29, 0.717) is 0 Å². The van der Waals surface area contributed by atoms with Crippen LogP contribution in [-0.4, -0.2) is 14.9 Å². The Morgan fingerprint density at radius 1 is 1.29 bits per heavy atom. The summed E-state index contributed by atoms with van der Waals surface area (Å²) in [6.45, 7) is 0. The summed E-state index contributed by atoms with van der Waals surface area (Å²) < 4.78 is 13.6. The Labute approximate surface area is 100 Å². The van der Waals surface area contributed by atoms with Crippen LogP contribution in [0.3, 0.4) is 0 Å². The standard InChI is InChI=1S/C10H5ClFN3O2/c11-10-13-4-6(5-14-10)9-7(12)2-1-3-8(9)15(16)17/h1-5H. The summed E-state index contributed by atoms with van der Waals surface area (Å²) in [7, 11) is 0. The lowest BCUT2D eigenvalue weighted by Crippen LogP contribution is -1.96. The molecule has 2 rings (SSSR count). The molecule has 0 aliphatic carbocycles. The maximum atomic E-state index is 13.6. The first kappa shape index (κ1) is 11.4. The van der Waals surface area contributed by atoms with E-state index in [2.05, 4.69) is 9.97 Å². The predicted octanol–water partition coefficient (Wildman–Crippen LogP) is 2.84. The number of nitro benzene ring substituents is 1. The quantitative estimate of drug-likeness (QED) is 0.469. The van der Waals surface area contributed by atoms with Crippen molar-refractivity contribution in [2.24, 2.45) is 0 Å². The van der Waals surface area contributed by atoms with Gasteiger partial charge in [0.1, 0.15) is 5.82 Å². The van der Waals surface area contributed by atoms with E-state index in [-0.39, 0.29) is 22.1 Å². The summed E-state index contributed by atoms with van der Waals surface area (Å²) in [4.78, 5) is 17.5. The molecule has 0 N–H and O–H groups in total. The lowest BCUT2D eigenvalue weighted by Gasteiger charge is -2.03. The van der Waals surface area contributed by atoms with Crippen molar-refractivity contribution in [2.45, 2.75) is 0 Å². The Morgan fingerprint density at radius 2 is 1.94 bits per heavy atom. The fourth-order valence-electron chi connectivity index (χ4n) is 1.39. The normalized spacial score (nSPS) is 10.2. The van der Waals surface area contributed by atoms with E-state index in [0.717, 1.165) is 6.07 Å². The molecule has 0 spiro atoms.